The molecule has 0 radical (unpaired) electrons. The predicted octanol–water partition coefficient (Wildman–Crippen LogP) is -0.906. The highest BCUT2D eigenvalue weighted by Crippen LogP contribution is 2.07. The van der Waals surface area contributed by atoms with Crippen molar-refractivity contribution in [3.05, 3.63) is 35.9 Å². The van der Waals surface area contributed by atoms with E-state index >= 15 is 0 Å². The highest BCUT2D eigenvalue weighted by atomic mass is 32.2. The summed E-state index contributed by atoms with van der Waals surface area (Å²) >= 11 is 1.41. The number of hydrogen-bond acceptors (Lipinski definition) is 8. The lowest BCUT2D eigenvalue weighted by molar-refractivity contribution is -0.143. The third-order valence-corrected chi connectivity index (χ3v) is 5.89. The van der Waals surface area contributed by atoms with Crippen LogP contribution in [-0.2, 0) is 30.4 Å². The molecular weight excluding hydrogens is 492 g/mol. The fourth-order valence-electron chi connectivity index (χ4n) is 3.12. The number of hydrogen-bond donors (Lipinski definition) is 7. The highest BCUT2D eigenvalue weighted by Gasteiger charge is 2.31. The van der Waals surface area contributed by atoms with Crippen molar-refractivity contribution in [2.45, 2.75) is 62.9 Å². The number of carboxylic acids is 2. The van der Waals surface area contributed by atoms with Crippen LogP contribution in [0.25, 0.3) is 0 Å². The zero-order valence-corrected chi connectivity index (χ0v) is 21.0. The summed E-state index contributed by atoms with van der Waals surface area (Å²) in [6, 6.07) is 3.51. The molecule has 200 valence electrons. The molecule has 0 aromatic heterocycles. The Morgan fingerprint density at radius 2 is 1.42 bits per heavy atom. The average Bonchev–Trinajstić information content (AvgIpc) is 2.83. The molecule has 0 heterocycles. The van der Waals surface area contributed by atoms with Crippen molar-refractivity contribution in [3.63, 3.8) is 0 Å². The van der Waals surface area contributed by atoms with E-state index in [-0.39, 0.29) is 19.3 Å². The minimum absolute atomic E-state index is 0.0227. The topological polar surface area (TPSA) is 208 Å². The van der Waals surface area contributed by atoms with Crippen molar-refractivity contribution < 1.29 is 39.3 Å². The average molecular weight is 527 g/mol. The zero-order valence-electron chi connectivity index (χ0n) is 20.2. The molecule has 0 saturated heterocycles. The third kappa shape index (κ3) is 11.1. The first kappa shape index (κ1) is 30.9. The first-order chi connectivity index (χ1) is 17.0. The number of amides is 3. The van der Waals surface area contributed by atoms with E-state index in [1.807, 2.05) is 0 Å². The molecule has 5 unspecified atom stereocenters. The number of nitrogens with one attached hydrogen (secondary N) is 3. The summed E-state index contributed by atoms with van der Waals surface area (Å²) in [6.07, 6.45) is 0.000998. The number of nitrogens with two attached hydrogens (primary N) is 1. The number of aliphatic hydroxyl groups is 1. The van der Waals surface area contributed by atoms with Crippen LogP contribution < -0.4 is 21.7 Å². The number of thioether (sulfide) groups is 1. The van der Waals surface area contributed by atoms with Gasteiger partial charge in [-0.25, -0.2) is 4.79 Å². The number of carbonyl (C=O) groups excluding carboxylic acids is 3. The van der Waals surface area contributed by atoms with E-state index in [9.17, 15) is 34.2 Å². The molecular formula is C23H34N4O8S. The number of aliphatic hydroxyl groups excluding tert-OH is 1. The van der Waals surface area contributed by atoms with E-state index in [0.717, 1.165) is 0 Å². The van der Waals surface area contributed by atoms with Crippen LogP contribution in [0.3, 0.4) is 0 Å². The smallest absolute Gasteiger partial charge is 0.326 e. The van der Waals surface area contributed by atoms with Crippen LogP contribution in [0.15, 0.2) is 30.3 Å². The van der Waals surface area contributed by atoms with Gasteiger partial charge in [0.25, 0.3) is 0 Å². The number of aliphatic carboxylic acids is 2. The lowest BCUT2D eigenvalue weighted by Crippen LogP contribution is -2.58. The Labute approximate surface area is 213 Å². The van der Waals surface area contributed by atoms with Crippen LogP contribution in [0.4, 0.5) is 0 Å². The maximum Gasteiger partial charge on any atom is 0.326 e. The first-order valence-electron chi connectivity index (χ1n) is 11.3. The quantitative estimate of drug-likeness (QED) is 0.141. The van der Waals surface area contributed by atoms with Crippen LogP contribution in [0.2, 0.25) is 0 Å². The molecule has 1 aromatic rings. The van der Waals surface area contributed by atoms with Crippen molar-refractivity contribution in [2.24, 2.45) is 5.73 Å². The molecule has 0 bridgehead atoms. The molecule has 0 aliphatic heterocycles. The summed E-state index contributed by atoms with van der Waals surface area (Å²) < 4.78 is 0. The van der Waals surface area contributed by atoms with Crippen molar-refractivity contribution in [1.82, 2.24) is 16.0 Å². The Hall–Kier alpha value is -3.16. The van der Waals surface area contributed by atoms with Crippen LogP contribution >= 0.6 is 11.8 Å². The van der Waals surface area contributed by atoms with Gasteiger partial charge in [-0.1, -0.05) is 30.3 Å². The monoisotopic (exact) mass is 526 g/mol. The lowest BCUT2D eigenvalue weighted by Gasteiger charge is -2.25. The SMILES string of the molecule is CSCCC(NC(=O)C(N)C(C)O)C(=O)NC(CCC(=O)O)C(=O)NC(Cc1ccccc1)C(=O)O. The fraction of sp³-hybridized carbons (Fsp3) is 0.522. The first-order valence-corrected chi connectivity index (χ1v) is 12.7. The van der Waals surface area contributed by atoms with Gasteiger partial charge in [0, 0.05) is 12.8 Å². The summed E-state index contributed by atoms with van der Waals surface area (Å²) in [7, 11) is 0. The van der Waals surface area contributed by atoms with Gasteiger partial charge in [0.1, 0.15) is 24.2 Å². The maximum absolute atomic E-state index is 13.0. The normalized spacial score (nSPS) is 15.0. The van der Waals surface area contributed by atoms with E-state index in [1.54, 1.807) is 36.6 Å². The van der Waals surface area contributed by atoms with E-state index in [1.165, 1.54) is 18.7 Å². The van der Waals surface area contributed by atoms with Crippen LogP contribution in [0, 0.1) is 0 Å². The van der Waals surface area contributed by atoms with Crippen LogP contribution in [-0.4, -0.2) is 87.3 Å². The fourth-order valence-corrected chi connectivity index (χ4v) is 3.59. The zero-order chi connectivity index (χ0) is 27.3. The molecule has 1 aromatic carbocycles. The van der Waals surface area contributed by atoms with Gasteiger partial charge in [-0.05, 0) is 37.3 Å². The number of benzene rings is 1. The van der Waals surface area contributed by atoms with Gasteiger partial charge in [0.15, 0.2) is 0 Å². The molecule has 36 heavy (non-hydrogen) atoms. The largest absolute Gasteiger partial charge is 0.481 e. The second-order valence-electron chi connectivity index (χ2n) is 8.19. The van der Waals surface area contributed by atoms with E-state index in [0.29, 0.717) is 11.3 Å². The Kier molecular flexibility index (Phi) is 13.5. The van der Waals surface area contributed by atoms with Crippen LogP contribution in [0.5, 0.6) is 0 Å². The van der Waals surface area contributed by atoms with Gasteiger partial charge < -0.3 is 37.0 Å². The highest BCUT2D eigenvalue weighted by molar-refractivity contribution is 7.98. The molecule has 13 heteroatoms. The van der Waals surface area contributed by atoms with Crippen molar-refractivity contribution in [3.8, 4) is 0 Å². The molecule has 0 saturated carbocycles. The predicted molar refractivity (Wildman–Crippen MR) is 133 cm³/mol. The summed E-state index contributed by atoms with van der Waals surface area (Å²) in [5.74, 6) is -4.46. The molecule has 12 nitrogen and oxygen atoms in total. The Morgan fingerprint density at radius 1 is 0.889 bits per heavy atom. The van der Waals surface area contributed by atoms with Crippen molar-refractivity contribution in [2.75, 3.05) is 12.0 Å². The van der Waals surface area contributed by atoms with Gasteiger partial charge >= 0.3 is 11.9 Å². The van der Waals surface area contributed by atoms with Gasteiger partial charge in [-0.2, -0.15) is 11.8 Å². The van der Waals surface area contributed by atoms with Crippen molar-refractivity contribution >= 4 is 41.4 Å². The van der Waals surface area contributed by atoms with Gasteiger partial charge in [-0.3, -0.25) is 19.2 Å². The van der Waals surface area contributed by atoms with Gasteiger partial charge in [0.05, 0.1) is 6.10 Å². The molecule has 0 fully saturated rings. The molecule has 0 aliphatic rings. The Bertz CT molecular complexity index is 899. The van der Waals surface area contributed by atoms with Gasteiger partial charge in [-0.15, -0.1) is 0 Å². The van der Waals surface area contributed by atoms with E-state index < -0.39 is 66.4 Å². The minimum Gasteiger partial charge on any atom is -0.481 e. The molecule has 1 rings (SSSR count). The Balaban J connectivity index is 3.02. The van der Waals surface area contributed by atoms with Crippen molar-refractivity contribution in [1.29, 1.82) is 0 Å². The summed E-state index contributed by atoms with van der Waals surface area (Å²) in [4.78, 5) is 61.0. The Morgan fingerprint density at radius 3 is 1.92 bits per heavy atom. The number of rotatable bonds is 16. The molecule has 3 amide bonds. The molecule has 0 spiro atoms. The second-order valence-corrected chi connectivity index (χ2v) is 9.18. The number of carbonyl (C=O) groups is 5. The summed E-state index contributed by atoms with van der Waals surface area (Å²) in [6.45, 7) is 1.32. The number of carboxylic acid groups (broad SMARTS) is 2. The van der Waals surface area contributed by atoms with Gasteiger partial charge in [0.2, 0.25) is 17.7 Å². The van der Waals surface area contributed by atoms with E-state index in [2.05, 4.69) is 16.0 Å². The lowest BCUT2D eigenvalue weighted by atomic mass is 10.0. The third-order valence-electron chi connectivity index (χ3n) is 5.24. The minimum atomic E-state index is -1.37. The molecule has 5 atom stereocenters. The standard InChI is InChI=1S/C23H34N4O8S/c1-13(28)19(24)22(33)26-16(10-11-36-2)21(32)25-15(8-9-18(29)30)20(31)27-17(23(34)35)12-14-6-4-3-5-7-14/h3-7,13,15-17,19,28H,8-12,24H2,1-2H3,(H,25,32)(H,26,33)(H,27,31)(H,29,30)(H,34,35). The second kappa shape index (κ2) is 15.8. The summed E-state index contributed by atoms with van der Waals surface area (Å²) in [5, 5.41) is 35.4. The van der Waals surface area contributed by atoms with E-state index in [4.69, 9.17) is 10.8 Å². The summed E-state index contributed by atoms with van der Waals surface area (Å²) in [5.41, 5.74) is 6.29. The molecule has 8 N–H and O–H groups in total. The molecule has 0 aliphatic carbocycles. The maximum atomic E-state index is 13.0. The van der Waals surface area contributed by atoms with Crippen LogP contribution in [0.1, 0.15) is 31.7 Å².